The average Bonchev–Trinajstić information content (AvgIpc) is 2.47. The van der Waals surface area contributed by atoms with Crippen LogP contribution in [0.25, 0.3) is 0 Å². The van der Waals surface area contributed by atoms with Crippen LogP contribution in [-0.2, 0) is 11.2 Å². The highest BCUT2D eigenvalue weighted by molar-refractivity contribution is 5.80. The number of nitrogens with zero attached hydrogens (tertiary/aromatic N) is 3. The lowest BCUT2D eigenvalue weighted by atomic mass is 10.2. The number of hydrogen-bond donors (Lipinski definition) is 3. The predicted molar refractivity (Wildman–Crippen MR) is 73.8 cm³/mol. The molecule has 0 spiro atoms. The standard InChI is InChI=1S/C12H12N6O3/c19-10(17-14-7-8-3-1-2-6-13-8)5-4-9-11(20)15-12(21)18-16-9/h1-3,6-7H,4-5H2,(H,17,19)(H2,15,18,20,21)/b14-7+. The van der Waals surface area contributed by atoms with Crippen molar-refractivity contribution < 1.29 is 4.79 Å². The molecule has 9 heteroatoms. The Kier molecular flexibility index (Phi) is 4.70. The number of hydrazone groups is 1. The maximum absolute atomic E-state index is 11.5. The summed E-state index contributed by atoms with van der Waals surface area (Å²) in [6.07, 6.45) is 3.12. The van der Waals surface area contributed by atoms with E-state index in [9.17, 15) is 14.4 Å². The molecule has 3 N–H and O–H groups in total. The van der Waals surface area contributed by atoms with Gasteiger partial charge >= 0.3 is 5.69 Å². The third-order valence-corrected chi connectivity index (χ3v) is 2.44. The second-order valence-corrected chi connectivity index (χ2v) is 4.00. The summed E-state index contributed by atoms with van der Waals surface area (Å²) in [6.45, 7) is 0. The number of pyridine rings is 1. The summed E-state index contributed by atoms with van der Waals surface area (Å²) in [5.41, 5.74) is 1.71. The summed E-state index contributed by atoms with van der Waals surface area (Å²) in [4.78, 5) is 39.7. The molecule has 0 saturated carbocycles. The third-order valence-electron chi connectivity index (χ3n) is 2.44. The number of aromatic amines is 2. The van der Waals surface area contributed by atoms with Crippen molar-refractivity contribution in [3.63, 3.8) is 0 Å². The van der Waals surface area contributed by atoms with E-state index < -0.39 is 11.2 Å². The topological polar surface area (TPSA) is 133 Å². The van der Waals surface area contributed by atoms with Crippen LogP contribution in [0.2, 0.25) is 0 Å². The molecule has 0 radical (unpaired) electrons. The van der Waals surface area contributed by atoms with Gasteiger partial charge in [-0.05, 0) is 12.1 Å². The summed E-state index contributed by atoms with van der Waals surface area (Å²) in [5.74, 6) is -0.380. The van der Waals surface area contributed by atoms with E-state index >= 15 is 0 Å². The fraction of sp³-hybridized carbons (Fsp3) is 0.167. The summed E-state index contributed by atoms with van der Waals surface area (Å²) in [7, 11) is 0. The van der Waals surface area contributed by atoms with E-state index in [-0.39, 0.29) is 24.4 Å². The number of carbonyl (C=O) groups excluding carboxylic acids is 1. The van der Waals surface area contributed by atoms with Crippen LogP contribution in [0.3, 0.4) is 0 Å². The highest BCUT2D eigenvalue weighted by atomic mass is 16.2. The minimum Gasteiger partial charge on any atom is -0.273 e. The average molecular weight is 288 g/mol. The first-order valence-corrected chi connectivity index (χ1v) is 6.06. The molecule has 0 aromatic carbocycles. The van der Waals surface area contributed by atoms with Gasteiger partial charge in [0, 0.05) is 19.0 Å². The molecule has 21 heavy (non-hydrogen) atoms. The molecule has 0 aliphatic carbocycles. The van der Waals surface area contributed by atoms with Crippen LogP contribution in [0.15, 0.2) is 39.1 Å². The molecule has 0 atom stereocenters. The van der Waals surface area contributed by atoms with Gasteiger partial charge < -0.3 is 0 Å². The van der Waals surface area contributed by atoms with Gasteiger partial charge in [-0.3, -0.25) is 19.6 Å². The number of aryl methyl sites for hydroxylation is 1. The number of hydrogen-bond acceptors (Lipinski definition) is 6. The van der Waals surface area contributed by atoms with Crippen LogP contribution in [0.5, 0.6) is 0 Å². The largest absolute Gasteiger partial charge is 0.342 e. The Labute approximate surface area is 118 Å². The van der Waals surface area contributed by atoms with E-state index in [4.69, 9.17) is 0 Å². The molecule has 2 heterocycles. The molecule has 0 aliphatic heterocycles. The summed E-state index contributed by atoms with van der Waals surface area (Å²) < 4.78 is 0. The van der Waals surface area contributed by atoms with Gasteiger partial charge in [-0.1, -0.05) is 6.07 Å². The van der Waals surface area contributed by atoms with Crippen LogP contribution in [0.1, 0.15) is 17.8 Å². The number of amides is 1. The molecule has 0 saturated heterocycles. The molecule has 2 aromatic rings. The van der Waals surface area contributed by atoms with Crippen molar-refractivity contribution in [3.8, 4) is 0 Å². The zero-order valence-electron chi connectivity index (χ0n) is 10.9. The van der Waals surface area contributed by atoms with Crippen molar-refractivity contribution in [2.24, 2.45) is 5.10 Å². The summed E-state index contributed by atoms with van der Waals surface area (Å²) in [5, 5.41) is 9.41. The molecule has 108 valence electrons. The Morgan fingerprint density at radius 3 is 2.95 bits per heavy atom. The van der Waals surface area contributed by atoms with E-state index in [1.807, 2.05) is 4.98 Å². The zero-order chi connectivity index (χ0) is 15.1. The summed E-state index contributed by atoms with van der Waals surface area (Å²) >= 11 is 0. The number of rotatable bonds is 5. The van der Waals surface area contributed by atoms with Crippen LogP contribution in [0, 0.1) is 0 Å². The number of H-pyrrole nitrogens is 2. The molecule has 0 bridgehead atoms. The quantitative estimate of drug-likeness (QED) is 0.476. The van der Waals surface area contributed by atoms with Crippen LogP contribution < -0.4 is 16.7 Å². The van der Waals surface area contributed by atoms with Gasteiger partial charge in [-0.25, -0.2) is 15.3 Å². The lowest BCUT2D eigenvalue weighted by Crippen LogP contribution is -2.28. The second-order valence-electron chi connectivity index (χ2n) is 4.00. The van der Waals surface area contributed by atoms with E-state index in [1.165, 1.54) is 6.21 Å². The van der Waals surface area contributed by atoms with Gasteiger partial charge in [0.15, 0.2) is 0 Å². The zero-order valence-corrected chi connectivity index (χ0v) is 10.9. The molecular formula is C12H12N6O3. The van der Waals surface area contributed by atoms with E-state index in [0.29, 0.717) is 5.69 Å². The van der Waals surface area contributed by atoms with E-state index in [2.05, 4.69) is 25.7 Å². The highest BCUT2D eigenvalue weighted by Crippen LogP contribution is 1.91. The van der Waals surface area contributed by atoms with Crippen molar-refractivity contribution in [2.45, 2.75) is 12.8 Å². The van der Waals surface area contributed by atoms with Gasteiger partial charge in [0.2, 0.25) is 5.91 Å². The van der Waals surface area contributed by atoms with Gasteiger partial charge in [0.1, 0.15) is 5.69 Å². The maximum atomic E-state index is 11.5. The lowest BCUT2D eigenvalue weighted by Gasteiger charge is -1.98. The van der Waals surface area contributed by atoms with E-state index in [1.54, 1.807) is 24.4 Å². The van der Waals surface area contributed by atoms with Gasteiger partial charge in [-0.15, -0.1) is 0 Å². The molecule has 1 amide bonds. The maximum Gasteiger partial charge on any atom is 0.342 e. The minimum atomic E-state index is -0.687. The SMILES string of the molecule is O=C(CCc1n[nH]c(=O)[nH]c1=O)N/N=C/c1ccccn1. The van der Waals surface area contributed by atoms with Crippen molar-refractivity contribution >= 4 is 12.1 Å². The van der Waals surface area contributed by atoms with Crippen LogP contribution >= 0.6 is 0 Å². The van der Waals surface area contributed by atoms with Crippen LogP contribution in [-0.4, -0.2) is 32.3 Å². The molecule has 2 rings (SSSR count). The van der Waals surface area contributed by atoms with Crippen molar-refractivity contribution in [1.82, 2.24) is 25.6 Å². The molecule has 9 nitrogen and oxygen atoms in total. The Morgan fingerprint density at radius 1 is 1.38 bits per heavy atom. The minimum absolute atomic E-state index is 0.0156. The van der Waals surface area contributed by atoms with E-state index in [0.717, 1.165) is 0 Å². The third kappa shape index (κ3) is 4.49. The smallest absolute Gasteiger partial charge is 0.273 e. The fourth-order valence-electron chi connectivity index (χ4n) is 1.45. The molecule has 0 fully saturated rings. The first-order chi connectivity index (χ1) is 10.1. The number of carbonyl (C=O) groups is 1. The second kappa shape index (κ2) is 6.89. The van der Waals surface area contributed by atoms with Crippen molar-refractivity contribution in [1.29, 1.82) is 0 Å². The van der Waals surface area contributed by atoms with Gasteiger partial charge in [0.05, 0.1) is 11.9 Å². The molecular weight excluding hydrogens is 276 g/mol. The first-order valence-electron chi connectivity index (χ1n) is 6.06. The number of nitrogens with one attached hydrogen (secondary N) is 3. The van der Waals surface area contributed by atoms with Gasteiger partial charge in [-0.2, -0.15) is 10.2 Å². The Balaban J connectivity index is 1.84. The van der Waals surface area contributed by atoms with Gasteiger partial charge in [0.25, 0.3) is 5.56 Å². The van der Waals surface area contributed by atoms with Crippen molar-refractivity contribution in [2.75, 3.05) is 0 Å². The summed E-state index contributed by atoms with van der Waals surface area (Å²) in [6, 6.07) is 5.30. The number of aromatic nitrogens is 4. The molecule has 0 aliphatic rings. The molecule has 2 aromatic heterocycles. The Morgan fingerprint density at radius 2 is 2.24 bits per heavy atom. The predicted octanol–water partition coefficient (Wildman–Crippen LogP) is -1.06. The Bertz CT molecular complexity index is 749. The fourth-order valence-corrected chi connectivity index (χ4v) is 1.45. The molecule has 0 unspecified atom stereocenters. The first kappa shape index (κ1) is 14.3. The monoisotopic (exact) mass is 288 g/mol. The van der Waals surface area contributed by atoms with Crippen LogP contribution in [0.4, 0.5) is 0 Å². The highest BCUT2D eigenvalue weighted by Gasteiger charge is 2.06. The Hall–Kier alpha value is -3.10. The normalized spacial score (nSPS) is 10.7. The lowest BCUT2D eigenvalue weighted by molar-refractivity contribution is -0.121. The van der Waals surface area contributed by atoms with Crippen molar-refractivity contribution in [3.05, 3.63) is 56.6 Å².